The summed E-state index contributed by atoms with van der Waals surface area (Å²) in [4.78, 5) is 20.1. The predicted octanol–water partition coefficient (Wildman–Crippen LogP) is 6.22. The number of benzene rings is 3. The highest BCUT2D eigenvalue weighted by Crippen LogP contribution is 2.32. The number of hydrogen-bond acceptors (Lipinski definition) is 5. The summed E-state index contributed by atoms with van der Waals surface area (Å²) in [6.07, 6.45) is 2.02. The van der Waals surface area contributed by atoms with Crippen molar-refractivity contribution in [1.29, 1.82) is 0 Å². The number of nitrogens with zero attached hydrogens (tertiary/aromatic N) is 2. The molecule has 6 heteroatoms. The zero-order valence-corrected chi connectivity index (χ0v) is 18.7. The summed E-state index contributed by atoms with van der Waals surface area (Å²) in [5.41, 5.74) is 2.65. The fourth-order valence-electron chi connectivity index (χ4n) is 3.88. The van der Waals surface area contributed by atoms with E-state index >= 15 is 0 Å². The highest BCUT2D eigenvalue weighted by Gasteiger charge is 2.27. The number of anilines is 1. The van der Waals surface area contributed by atoms with Crippen molar-refractivity contribution < 1.29 is 14.3 Å². The molecule has 4 aromatic rings. The third-order valence-electron chi connectivity index (χ3n) is 5.58. The van der Waals surface area contributed by atoms with Crippen molar-refractivity contribution in [3.05, 3.63) is 83.9 Å². The van der Waals surface area contributed by atoms with Crippen LogP contribution in [0.1, 0.15) is 28.8 Å². The van der Waals surface area contributed by atoms with Crippen molar-refractivity contribution in [3.63, 3.8) is 0 Å². The lowest BCUT2D eigenvalue weighted by Crippen LogP contribution is -2.37. The molecule has 5 nitrogen and oxygen atoms in total. The van der Waals surface area contributed by atoms with Crippen LogP contribution >= 0.6 is 11.3 Å². The van der Waals surface area contributed by atoms with Crippen molar-refractivity contribution in [1.82, 2.24) is 4.98 Å². The van der Waals surface area contributed by atoms with Gasteiger partial charge in [-0.3, -0.25) is 9.69 Å². The van der Waals surface area contributed by atoms with Gasteiger partial charge in [0.15, 0.2) is 5.13 Å². The molecule has 1 fully saturated rings. The standard InChI is InChI=1S/C26H24N2O3S/c1-18-7-5-11-23-24(18)27-26(32-23)28(17-22-10-6-16-30-22)25(29)19-12-14-21(15-13-19)31-20-8-3-2-4-9-20/h2-5,7-9,11-15,22H,6,10,16-17H2,1H3. The maximum absolute atomic E-state index is 13.6. The van der Waals surface area contributed by atoms with Gasteiger partial charge < -0.3 is 9.47 Å². The summed E-state index contributed by atoms with van der Waals surface area (Å²) in [6.45, 7) is 3.29. The normalized spacial score (nSPS) is 15.7. The van der Waals surface area contributed by atoms with Crippen LogP contribution in [0.4, 0.5) is 5.13 Å². The molecule has 0 N–H and O–H groups in total. The molecule has 162 valence electrons. The lowest BCUT2D eigenvalue weighted by Gasteiger charge is -2.23. The highest BCUT2D eigenvalue weighted by atomic mass is 32.1. The van der Waals surface area contributed by atoms with Gasteiger partial charge >= 0.3 is 0 Å². The van der Waals surface area contributed by atoms with Gasteiger partial charge in [0.2, 0.25) is 0 Å². The first-order chi connectivity index (χ1) is 15.7. The van der Waals surface area contributed by atoms with Crippen molar-refractivity contribution in [2.45, 2.75) is 25.9 Å². The van der Waals surface area contributed by atoms with Gasteiger partial charge in [-0.15, -0.1) is 0 Å². The zero-order valence-electron chi connectivity index (χ0n) is 17.9. The lowest BCUT2D eigenvalue weighted by atomic mass is 10.1. The molecule has 1 atom stereocenters. The molecule has 1 amide bonds. The second kappa shape index (κ2) is 9.10. The number of hydrogen-bond donors (Lipinski definition) is 0. The fourth-order valence-corrected chi connectivity index (χ4v) is 4.93. The van der Waals surface area contributed by atoms with E-state index in [1.54, 1.807) is 16.2 Å². The van der Waals surface area contributed by atoms with Crippen molar-refractivity contribution in [3.8, 4) is 11.5 Å². The number of aryl methyl sites for hydroxylation is 1. The van der Waals surface area contributed by atoms with Gasteiger partial charge in [0.25, 0.3) is 5.91 Å². The SMILES string of the molecule is Cc1cccc2sc(N(CC3CCCO3)C(=O)c3ccc(Oc4ccccc4)cc3)nc12. The van der Waals surface area contributed by atoms with Crippen molar-refractivity contribution in [2.75, 3.05) is 18.1 Å². The van der Waals surface area contributed by atoms with Gasteiger partial charge in [-0.05, 0) is 67.8 Å². The number of carbonyl (C=O) groups is 1. The van der Waals surface area contributed by atoms with Gasteiger partial charge in [-0.2, -0.15) is 0 Å². The van der Waals surface area contributed by atoms with Gasteiger partial charge in [0.05, 0.1) is 22.9 Å². The molecule has 5 rings (SSSR count). The summed E-state index contributed by atoms with van der Waals surface area (Å²) in [7, 11) is 0. The maximum Gasteiger partial charge on any atom is 0.260 e. The topological polar surface area (TPSA) is 51.7 Å². The van der Waals surface area contributed by atoms with Crippen LogP contribution in [0.25, 0.3) is 10.2 Å². The van der Waals surface area contributed by atoms with Crippen LogP contribution < -0.4 is 9.64 Å². The Morgan fingerprint density at radius 3 is 2.56 bits per heavy atom. The summed E-state index contributed by atoms with van der Waals surface area (Å²) >= 11 is 1.54. The van der Waals surface area contributed by atoms with E-state index in [0.29, 0.717) is 23.0 Å². The summed E-state index contributed by atoms with van der Waals surface area (Å²) < 4.78 is 12.8. The Balaban J connectivity index is 1.42. The number of aromatic nitrogens is 1. The predicted molar refractivity (Wildman–Crippen MR) is 128 cm³/mol. The molecular weight excluding hydrogens is 420 g/mol. The Morgan fingerprint density at radius 2 is 1.84 bits per heavy atom. The van der Waals surface area contributed by atoms with E-state index in [9.17, 15) is 4.79 Å². The Hall–Kier alpha value is -3.22. The van der Waals surface area contributed by atoms with Gasteiger partial charge in [-0.25, -0.2) is 4.98 Å². The molecule has 0 bridgehead atoms. The Morgan fingerprint density at radius 1 is 1.06 bits per heavy atom. The van der Waals surface area contributed by atoms with E-state index in [-0.39, 0.29) is 12.0 Å². The number of amides is 1. The first-order valence-electron chi connectivity index (χ1n) is 10.8. The fraction of sp³-hybridized carbons (Fsp3) is 0.231. The Labute approximate surface area is 191 Å². The number of para-hydroxylation sites is 2. The van der Waals surface area contributed by atoms with E-state index < -0.39 is 0 Å². The average molecular weight is 445 g/mol. The van der Waals surface area contributed by atoms with Crippen LogP contribution in [0.5, 0.6) is 11.5 Å². The number of carbonyl (C=O) groups excluding carboxylic acids is 1. The molecule has 0 spiro atoms. The number of ether oxygens (including phenoxy) is 2. The van der Waals surface area contributed by atoms with Crippen LogP contribution in [0.3, 0.4) is 0 Å². The molecule has 0 aliphatic carbocycles. The highest BCUT2D eigenvalue weighted by molar-refractivity contribution is 7.22. The molecule has 1 saturated heterocycles. The smallest absolute Gasteiger partial charge is 0.260 e. The quantitative estimate of drug-likeness (QED) is 0.354. The number of rotatable bonds is 6. The van der Waals surface area contributed by atoms with Gasteiger partial charge in [0.1, 0.15) is 11.5 Å². The minimum absolute atomic E-state index is 0.0350. The summed E-state index contributed by atoms with van der Waals surface area (Å²) in [5.74, 6) is 1.37. The summed E-state index contributed by atoms with van der Waals surface area (Å²) in [6, 6.07) is 23.0. The average Bonchev–Trinajstić information content (AvgIpc) is 3.49. The Bertz CT molecular complexity index is 1220. The largest absolute Gasteiger partial charge is 0.457 e. The molecule has 3 aromatic carbocycles. The van der Waals surface area contributed by atoms with Gasteiger partial charge in [0, 0.05) is 12.2 Å². The molecule has 1 unspecified atom stereocenters. The lowest BCUT2D eigenvalue weighted by molar-refractivity contribution is 0.0917. The Kier molecular flexibility index (Phi) is 5.88. The molecule has 0 radical (unpaired) electrons. The van der Waals surface area contributed by atoms with E-state index in [1.165, 1.54) is 0 Å². The second-order valence-electron chi connectivity index (χ2n) is 7.91. The first-order valence-corrected chi connectivity index (χ1v) is 11.6. The van der Waals surface area contributed by atoms with Crippen molar-refractivity contribution in [2.24, 2.45) is 0 Å². The third kappa shape index (κ3) is 4.38. The van der Waals surface area contributed by atoms with Crippen LogP contribution in [0.15, 0.2) is 72.8 Å². The van der Waals surface area contributed by atoms with Crippen molar-refractivity contribution >= 4 is 32.6 Å². The van der Waals surface area contributed by atoms with Gasteiger partial charge in [-0.1, -0.05) is 41.7 Å². The second-order valence-corrected chi connectivity index (χ2v) is 8.92. The maximum atomic E-state index is 13.6. The van der Waals surface area contributed by atoms with E-state index in [2.05, 4.69) is 0 Å². The molecule has 1 aliphatic heterocycles. The zero-order chi connectivity index (χ0) is 21.9. The first kappa shape index (κ1) is 20.7. The van der Waals surface area contributed by atoms with Crippen LogP contribution in [-0.4, -0.2) is 30.1 Å². The molecular formula is C26H24N2O3S. The molecule has 1 aromatic heterocycles. The van der Waals surface area contributed by atoms with E-state index in [4.69, 9.17) is 14.5 Å². The number of thiazole rings is 1. The van der Waals surface area contributed by atoms with Crippen LogP contribution in [-0.2, 0) is 4.74 Å². The van der Waals surface area contributed by atoms with Crippen LogP contribution in [0.2, 0.25) is 0 Å². The van der Waals surface area contributed by atoms with Crippen LogP contribution in [0, 0.1) is 6.92 Å². The molecule has 2 heterocycles. The molecule has 32 heavy (non-hydrogen) atoms. The van der Waals surface area contributed by atoms with E-state index in [0.717, 1.165) is 41.0 Å². The minimum Gasteiger partial charge on any atom is -0.457 e. The number of fused-ring (bicyclic) bond motifs is 1. The monoisotopic (exact) mass is 444 g/mol. The molecule has 1 aliphatic rings. The molecule has 0 saturated carbocycles. The third-order valence-corrected chi connectivity index (χ3v) is 6.62. The van der Waals surface area contributed by atoms with E-state index in [1.807, 2.05) is 79.7 Å². The minimum atomic E-state index is -0.0801. The summed E-state index contributed by atoms with van der Waals surface area (Å²) in [5, 5.41) is 0.708.